The van der Waals surface area contributed by atoms with Crippen molar-refractivity contribution >= 4 is 29.1 Å². The monoisotopic (exact) mass is 304 g/mol. The zero-order valence-electron chi connectivity index (χ0n) is 13.1. The Hall–Kier alpha value is -1.81. The largest absolute Gasteiger partial charge is 0.365 e. The second-order valence-electron chi connectivity index (χ2n) is 6.18. The SMILES string of the molecule is Cc1cc(NC(C)(C)C)nc(Nc2ccc(Cl)cc2C)n1. The molecule has 4 nitrogen and oxygen atoms in total. The summed E-state index contributed by atoms with van der Waals surface area (Å²) in [6.07, 6.45) is 0. The molecule has 2 aromatic rings. The highest BCUT2D eigenvalue weighted by Crippen LogP contribution is 2.23. The van der Waals surface area contributed by atoms with Gasteiger partial charge in [-0.2, -0.15) is 4.98 Å². The van der Waals surface area contributed by atoms with E-state index < -0.39 is 0 Å². The molecule has 1 aromatic heterocycles. The Labute approximate surface area is 131 Å². The number of hydrogen-bond acceptors (Lipinski definition) is 4. The first-order chi connectivity index (χ1) is 9.73. The lowest BCUT2D eigenvalue weighted by Gasteiger charge is -2.22. The van der Waals surface area contributed by atoms with E-state index in [2.05, 4.69) is 41.4 Å². The molecule has 0 spiro atoms. The fourth-order valence-electron chi connectivity index (χ4n) is 1.96. The summed E-state index contributed by atoms with van der Waals surface area (Å²) < 4.78 is 0. The van der Waals surface area contributed by atoms with Crippen LogP contribution in [0.25, 0.3) is 0 Å². The summed E-state index contributed by atoms with van der Waals surface area (Å²) in [6.45, 7) is 10.2. The Morgan fingerprint density at radius 2 is 1.76 bits per heavy atom. The van der Waals surface area contributed by atoms with E-state index >= 15 is 0 Å². The second-order valence-corrected chi connectivity index (χ2v) is 6.61. The topological polar surface area (TPSA) is 49.8 Å². The number of benzene rings is 1. The summed E-state index contributed by atoms with van der Waals surface area (Å²) in [4.78, 5) is 8.94. The highest BCUT2D eigenvalue weighted by Gasteiger charge is 2.12. The third-order valence-electron chi connectivity index (χ3n) is 2.79. The third kappa shape index (κ3) is 4.60. The Kier molecular flexibility index (Phi) is 4.37. The minimum Gasteiger partial charge on any atom is -0.365 e. The van der Waals surface area contributed by atoms with Gasteiger partial charge in [-0.3, -0.25) is 0 Å². The van der Waals surface area contributed by atoms with E-state index in [1.807, 2.05) is 38.1 Å². The van der Waals surface area contributed by atoms with Gasteiger partial charge in [0.05, 0.1) is 0 Å². The lowest BCUT2D eigenvalue weighted by atomic mass is 10.1. The molecule has 21 heavy (non-hydrogen) atoms. The molecule has 1 aromatic carbocycles. The van der Waals surface area contributed by atoms with Crippen molar-refractivity contribution in [1.82, 2.24) is 9.97 Å². The van der Waals surface area contributed by atoms with Gasteiger partial charge in [0.25, 0.3) is 0 Å². The molecule has 0 bridgehead atoms. The van der Waals surface area contributed by atoms with Crippen LogP contribution in [0.5, 0.6) is 0 Å². The molecule has 2 N–H and O–H groups in total. The van der Waals surface area contributed by atoms with Gasteiger partial charge >= 0.3 is 0 Å². The molecule has 0 atom stereocenters. The van der Waals surface area contributed by atoms with Crippen molar-refractivity contribution in [2.24, 2.45) is 0 Å². The third-order valence-corrected chi connectivity index (χ3v) is 3.03. The van der Waals surface area contributed by atoms with Crippen LogP contribution < -0.4 is 10.6 Å². The van der Waals surface area contributed by atoms with Crippen molar-refractivity contribution in [1.29, 1.82) is 0 Å². The zero-order valence-corrected chi connectivity index (χ0v) is 13.8. The number of halogens is 1. The van der Waals surface area contributed by atoms with Crippen LogP contribution in [0.1, 0.15) is 32.0 Å². The van der Waals surface area contributed by atoms with E-state index in [4.69, 9.17) is 11.6 Å². The average molecular weight is 305 g/mol. The molecule has 112 valence electrons. The van der Waals surface area contributed by atoms with Gasteiger partial charge in [-0.05, 0) is 58.4 Å². The molecular weight excluding hydrogens is 284 g/mol. The molecular formula is C16H21ClN4. The van der Waals surface area contributed by atoms with Crippen LogP contribution in [-0.2, 0) is 0 Å². The summed E-state index contributed by atoms with van der Waals surface area (Å²) in [5.74, 6) is 1.39. The van der Waals surface area contributed by atoms with Crippen molar-refractivity contribution in [2.45, 2.75) is 40.2 Å². The molecule has 0 saturated heterocycles. The van der Waals surface area contributed by atoms with Gasteiger partial charge in [-0.25, -0.2) is 4.98 Å². The smallest absolute Gasteiger partial charge is 0.229 e. The minimum absolute atomic E-state index is 0.0474. The van der Waals surface area contributed by atoms with E-state index in [1.54, 1.807) is 0 Å². The predicted octanol–water partition coefficient (Wildman–Crippen LogP) is 4.70. The van der Waals surface area contributed by atoms with Crippen LogP contribution in [0.3, 0.4) is 0 Å². The molecule has 1 heterocycles. The standard InChI is InChI=1S/C16H21ClN4/c1-10-8-12(17)6-7-13(10)19-15-18-11(2)9-14(20-15)21-16(3,4)5/h6-9H,1-5H3,(H2,18,19,20,21). The molecule has 0 aliphatic heterocycles. The van der Waals surface area contributed by atoms with Crippen molar-refractivity contribution in [2.75, 3.05) is 10.6 Å². The lowest BCUT2D eigenvalue weighted by molar-refractivity contribution is 0.630. The van der Waals surface area contributed by atoms with Gasteiger partial charge in [0.2, 0.25) is 5.95 Å². The van der Waals surface area contributed by atoms with Gasteiger partial charge in [0.1, 0.15) is 5.82 Å². The van der Waals surface area contributed by atoms with Crippen LogP contribution in [0.15, 0.2) is 24.3 Å². The van der Waals surface area contributed by atoms with Crippen LogP contribution in [0, 0.1) is 13.8 Å². The number of aromatic nitrogens is 2. The maximum absolute atomic E-state index is 5.97. The Morgan fingerprint density at radius 1 is 1.05 bits per heavy atom. The summed E-state index contributed by atoms with van der Waals surface area (Å²) in [6, 6.07) is 7.63. The predicted molar refractivity (Wildman–Crippen MR) is 89.6 cm³/mol. The first-order valence-corrected chi connectivity index (χ1v) is 7.28. The molecule has 0 fully saturated rings. The second kappa shape index (κ2) is 5.90. The highest BCUT2D eigenvalue weighted by molar-refractivity contribution is 6.30. The van der Waals surface area contributed by atoms with Crippen LogP contribution in [-0.4, -0.2) is 15.5 Å². The minimum atomic E-state index is -0.0474. The lowest BCUT2D eigenvalue weighted by Crippen LogP contribution is -2.27. The quantitative estimate of drug-likeness (QED) is 0.863. The molecule has 5 heteroatoms. The fourth-order valence-corrected chi connectivity index (χ4v) is 2.19. The van der Waals surface area contributed by atoms with Gasteiger partial charge in [-0.1, -0.05) is 11.6 Å². The maximum atomic E-state index is 5.97. The van der Waals surface area contributed by atoms with Crippen molar-refractivity contribution in [3.05, 3.63) is 40.5 Å². The molecule has 0 radical (unpaired) electrons. The Balaban J connectivity index is 2.27. The van der Waals surface area contributed by atoms with Gasteiger partial charge in [-0.15, -0.1) is 0 Å². The van der Waals surface area contributed by atoms with Gasteiger partial charge in [0.15, 0.2) is 0 Å². The van der Waals surface area contributed by atoms with Crippen molar-refractivity contribution in [3.63, 3.8) is 0 Å². The van der Waals surface area contributed by atoms with E-state index in [0.717, 1.165) is 27.8 Å². The van der Waals surface area contributed by atoms with Gasteiger partial charge in [0, 0.05) is 28.0 Å². The first kappa shape index (κ1) is 15.6. The van der Waals surface area contributed by atoms with Crippen LogP contribution >= 0.6 is 11.6 Å². The summed E-state index contributed by atoms with van der Waals surface area (Å²) >= 11 is 5.97. The summed E-state index contributed by atoms with van der Waals surface area (Å²) in [5, 5.41) is 7.33. The number of anilines is 3. The fraction of sp³-hybridized carbons (Fsp3) is 0.375. The molecule has 0 unspecified atom stereocenters. The molecule has 0 amide bonds. The van der Waals surface area contributed by atoms with Gasteiger partial charge < -0.3 is 10.6 Å². The van der Waals surface area contributed by atoms with E-state index in [0.29, 0.717) is 5.95 Å². The Bertz CT molecular complexity index is 647. The number of hydrogen-bond donors (Lipinski definition) is 2. The summed E-state index contributed by atoms with van der Waals surface area (Å²) in [5.41, 5.74) is 2.87. The van der Waals surface area contributed by atoms with E-state index in [1.165, 1.54) is 0 Å². The summed E-state index contributed by atoms with van der Waals surface area (Å²) in [7, 11) is 0. The molecule has 0 aliphatic carbocycles. The molecule has 0 saturated carbocycles. The number of nitrogens with one attached hydrogen (secondary N) is 2. The van der Waals surface area contributed by atoms with E-state index in [9.17, 15) is 0 Å². The number of rotatable bonds is 3. The average Bonchev–Trinajstić information content (AvgIpc) is 2.29. The number of aryl methyl sites for hydroxylation is 2. The maximum Gasteiger partial charge on any atom is 0.229 e. The Morgan fingerprint density at radius 3 is 2.38 bits per heavy atom. The molecule has 2 rings (SSSR count). The normalized spacial score (nSPS) is 11.3. The number of nitrogens with zero attached hydrogens (tertiary/aromatic N) is 2. The van der Waals surface area contributed by atoms with E-state index in [-0.39, 0.29) is 5.54 Å². The van der Waals surface area contributed by atoms with Crippen LogP contribution in [0.2, 0.25) is 5.02 Å². The first-order valence-electron chi connectivity index (χ1n) is 6.90. The zero-order chi connectivity index (χ0) is 15.6. The van der Waals surface area contributed by atoms with Crippen molar-refractivity contribution in [3.8, 4) is 0 Å². The molecule has 0 aliphatic rings. The van der Waals surface area contributed by atoms with Crippen LogP contribution in [0.4, 0.5) is 17.5 Å². The highest BCUT2D eigenvalue weighted by atomic mass is 35.5. The van der Waals surface area contributed by atoms with Crippen molar-refractivity contribution < 1.29 is 0 Å².